The summed E-state index contributed by atoms with van der Waals surface area (Å²) >= 11 is 0. The van der Waals surface area contributed by atoms with Crippen molar-refractivity contribution in [2.24, 2.45) is 5.73 Å². The van der Waals surface area contributed by atoms with Gasteiger partial charge in [-0.3, -0.25) is 9.59 Å². The second-order valence-corrected chi connectivity index (χ2v) is 5.15. The van der Waals surface area contributed by atoms with Gasteiger partial charge in [-0.1, -0.05) is 18.2 Å². The number of nitrogens with one attached hydrogen (secondary N) is 1. The van der Waals surface area contributed by atoms with E-state index in [0.29, 0.717) is 17.7 Å². The zero-order chi connectivity index (χ0) is 18.6. The number of carbonyl (C=O) groups is 2. The molecule has 0 spiro atoms. The van der Waals surface area contributed by atoms with Gasteiger partial charge in [-0.15, -0.1) is 0 Å². The number of carbonyl (C=O) groups excluding carboxylic acids is 2. The summed E-state index contributed by atoms with van der Waals surface area (Å²) in [6.07, 6.45) is -0.144. The third kappa shape index (κ3) is 4.14. The van der Waals surface area contributed by atoms with Crippen molar-refractivity contribution in [3.05, 3.63) is 70.5 Å². The predicted octanol–water partition coefficient (Wildman–Crippen LogP) is 1.80. The van der Waals surface area contributed by atoms with Crippen LogP contribution in [0.3, 0.4) is 0 Å². The molecule has 0 aliphatic rings. The van der Waals surface area contributed by atoms with Crippen molar-refractivity contribution >= 4 is 11.8 Å². The van der Waals surface area contributed by atoms with Gasteiger partial charge >= 0.3 is 0 Å². The number of amides is 2. The summed E-state index contributed by atoms with van der Waals surface area (Å²) in [5.41, 5.74) is 4.88. The Morgan fingerprint density at radius 1 is 1.16 bits per heavy atom. The third-order valence-electron chi connectivity index (χ3n) is 3.44. The SMILES string of the molecule is N#Cc1ccccc1C[C@@H](NC(=O)c1c(F)cc(F)cc1F)C(N)=O. The zero-order valence-electron chi connectivity index (χ0n) is 12.7. The number of primary amides is 1. The number of nitrogens with two attached hydrogens (primary N) is 1. The van der Waals surface area contributed by atoms with Crippen molar-refractivity contribution < 1.29 is 22.8 Å². The monoisotopic (exact) mass is 347 g/mol. The Bertz CT molecular complexity index is 855. The normalized spacial score (nSPS) is 11.4. The highest BCUT2D eigenvalue weighted by Gasteiger charge is 2.25. The van der Waals surface area contributed by atoms with Crippen molar-refractivity contribution in [1.82, 2.24) is 5.32 Å². The van der Waals surface area contributed by atoms with E-state index in [2.05, 4.69) is 5.32 Å². The third-order valence-corrected chi connectivity index (χ3v) is 3.44. The Kier molecular flexibility index (Phi) is 5.39. The van der Waals surface area contributed by atoms with Crippen LogP contribution >= 0.6 is 0 Å². The average molecular weight is 347 g/mol. The summed E-state index contributed by atoms with van der Waals surface area (Å²) < 4.78 is 40.2. The van der Waals surface area contributed by atoms with Crippen LogP contribution in [0.1, 0.15) is 21.5 Å². The average Bonchev–Trinajstić information content (AvgIpc) is 2.53. The van der Waals surface area contributed by atoms with Crippen LogP contribution in [-0.2, 0) is 11.2 Å². The zero-order valence-corrected chi connectivity index (χ0v) is 12.7. The van der Waals surface area contributed by atoms with E-state index in [1.54, 1.807) is 18.2 Å². The van der Waals surface area contributed by atoms with Gasteiger partial charge in [-0.25, -0.2) is 13.2 Å². The van der Waals surface area contributed by atoms with Gasteiger partial charge in [0.25, 0.3) is 5.91 Å². The molecule has 0 aliphatic carbocycles. The first-order chi connectivity index (χ1) is 11.8. The molecule has 8 heteroatoms. The lowest BCUT2D eigenvalue weighted by molar-refractivity contribution is -0.119. The minimum atomic E-state index is -1.41. The molecule has 0 aliphatic heterocycles. The molecule has 0 saturated heterocycles. The summed E-state index contributed by atoms with van der Waals surface area (Å²) in [5, 5.41) is 11.1. The number of halogens is 3. The standard InChI is InChI=1S/C17H12F3N3O2/c18-11-6-12(19)15(13(20)7-11)17(25)23-14(16(22)24)5-9-3-1-2-4-10(9)8-21/h1-4,6-7,14H,5H2,(H2,22,24)(H,23,25)/t14-/m1/s1. The minimum Gasteiger partial charge on any atom is -0.368 e. The Labute approximate surface area is 140 Å². The number of hydrogen-bond acceptors (Lipinski definition) is 3. The van der Waals surface area contributed by atoms with E-state index < -0.39 is 40.9 Å². The Morgan fingerprint density at radius 3 is 2.32 bits per heavy atom. The van der Waals surface area contributed by atoms with Gasteiger partial charge in [0.2, 0.25) is 5.91 Å². The number of nitrogens with zero attached hydrogens (tertiary/aromatic N) is 1. The number of rotatable bonds is 5. The van der Waals surface area contributed by atoms with Crippen LogP contribution < -0.4 is 11.1 Å². The summed E-state index contributed by atoms with van der Waals surface area (Å²) in [6.45, 7) is 0. The molecule has 128 valence electrons. The van der Waals surface area contributed by atoms with Crippen LogP contribution in [0.5, 0.6) is 0 Å². The first-order valence-electron chi connectivity index (χ1n) is 7.06. The molecule has 0 aromatic heterocycles. The van der Waals surface area contributed by atoms with Gasteiger partial charge in [-0.05, 0) is 11.6 Å². The summed E-state index contributed by atoms with van der Waals surface area (Å²) in [7, 11) is 0. The highest BCUT2D eigenvalue weighted by atomic mass is 19.1. The van der Waals surface area contributed by atoms with Crippen molar-refractivity contribution in [1.29, 1.82) is 5.26 Å². The molecule has 0 heterocycles. The summed E-state index contributed by atoms with van der Waals surface area (Å²) in [5.74, 6) is -6.20. The molecular formula is C17H12F3N3O2. The molecule has 2 aromatic rings. The lowest BCUT2D eigenvalue weighted by Crippen LogP contribution is -2.46. The number of benzene rings is 2. The van der Waals surface area contributed by atoms with Crippen LogP contribution in [0.15, 0.2) is 36.4 Å². The number of hydrogen-bond donors (Lipinski definition) is 2. The second kappa shape index (κ2) is 7.49. The van der Waals surface area contributed by atoms with E-state index >= 15 is 0 Å². The Balaban J connectivity index is 2.27. The molecule has 0 unspecified atom stereocenters. The predicted molar refractivity (Wildman–Crippen MR) is 81.6 cm³/mol. The molecule has 25 heavy (non-hydrogen) atoms. The van der Waals surface area contributed by atoms with Crippen LogP contribution in [0.2, 0.25) is 0 Å². The number of nitriles is 1. The molecule has 1 atom stereocenters. The van der Waals surface area contributed by atoms with Crippen molar-refractivity contribution in [2.75, 3.05) is 0 Å². The quantitative estimate of drug-likeness (QED) is 0.863. The fourth-order valence-corrected chi connectivity index (χ4v) is 2.24. The van der Waals surface area contributed by atoms with Crippen molar-refractivity contribution in [3.63, 3.8) is 0 Å². The van der Waals surface area contributed by atoms with Crippen molar-refractivity contribution in [3.8, 4) is 6.07 Å². The molecule has 2 aromatic carbocycles. The Hall–Kier alpha value is -3.34. The van der Waals surface area contributed by atoms with Gasteiger partial charge < -0.3 is 11.1 Å². The summed E-state index contributed by atoms with van der Waals surface area (Å²) in [6, 6.07) is 7.61. The van der Waals surface area contributed by atoms with E-state index in [9.17, 15) is 22.8 Å². The first kappa shape index (κ1) is 18.0. The molecule has 2 amide bonds. The van der Waals surface area contributed by atoms with E-state index in [4.69, 9.17) is 11.0 Å². The Morgan fingerprint density at radius 2 is 1.76 bits per heavy atom. The molecule has 0 bridgehead atoms. The van der Waals surface area contributed by atoms with Gasteiger partial charge in [0.15, 0.2) is 0 Å². The fourth-order valence-electron chi connectivity index (χ4n) is 2.24. The summed E-state index contributed by atoms with van der Waals surface area (Å²) in [4.78, 5) is 23.6. The van der Waals surface area contributed by atoms with Crippen LogP contribution in [0.4, 0.5) is 13.2 Å². The van der Waals surface area contributed by atoms with Gasteiger partial charge in [0, 0.05) is 18.6 Å². The first-order valence-corrected chi connectivity index (χ1v) is 7.06. The minimum absolute atomic E-state index is 0.144. The molecule has 0 radical (unpaired) electrons. The molecule has 2 rings (SSSR count). The molecule has 3 N–H and O–H groups in total. The maximum Gasteiger partial charge on any atom is 0.257 e. The van der Waals surface area contributed by atoms with E-state index in [1.165, 1.54) is 6.07 Å². The fraction of sp³-hybridized carbons (Fsp3) is 0.118. The smallest absolute Gasteiger partial charge is 0.257 e. The topological polar surface area (TPSA) is 96.0 Å². The van der Waals surface area contributed by atoms with E-state index in [-0.39, 0.29) is 12.0 Å². The molecular weight excluding hydrogens is 335 g/mol. The van der Waals surface area contributed by atoms with Crippen molar-refractivity contribution in [2.45, 2.75) is 12.5 Å². The lowest BCUT2D eigenvalue weighted by atomic mass is 10.00. The highest BCUT2D eigenvalue weighted by molar-refractivity contribution is 5.97. The van der Waals surface area contributed by atoms with Crippen LogP contribution in [0, 0.1) is 28.8 Å². The van der Waals surface area contributed by atoms with E-state index in [1.807, 2.05) is 6.07 Å². The van der Waals surface area contributed by atoms with Crippen LogP contribution in [-0.4, -0.2) is 17.9 Å². The largest absolute Gasteiger partial charge is 0.368 e. The van der Waals surface area contributed by atoms with Gasteiger partial charge in [0.05, 0.1) is 11.6 Å². The maximum atomic E-state index is 13.7. The molecule has 5 nitrogen and oxygen atoms in total. The van der Waals surface area contributed by atoms with Gasteiger partial charge in [0.1, 0.15) is 29.1 Å². The van der Waals surface area contributed by atoms with Gasteiger partial charge in [-0.2, -0.15) is 5.26 Å². The second-order valence-electron chi connectivity index (χ2n) is 5.15. The van der Waals surface area contributed by atoms with Crippen LogP contribution in [0.25, 0.3) is 0 Å². The molecule has 0 saturated carbocycles. The lowest BCUT2D eigenvalue weighted by Gasteiger charge is -2.17. The van der Waals surface area contributed by atoms with E-state index in [0.717, 1.165) is 0 Å². The highest BCUT2D eigenvalue weighted by Crippen LogP contribution is 2.16. The molecule has 0 fully saturated rings. The maximum absolute atomic E-state index is 13.7.